The van der Waals surface area contributed by atoms with E-state index in [1.54, 1.807) is 18.3 Å². The number of nitrogens with zero attached hydrogens (tertiary/aromatic N) is 2. The van der Waals surface area contributed by atoms with Crippen LogP contribution in [0, 0.1) is 23.0 Å². The average Bonchev–Trinajstić information content (AvgIpc) is 2.40. The Hall–Kier alpha value is -2.25. The summed E-state index contributed by atoms with van der Waals surface area (Å²) in [7, 11) is 0. The van der Waals surface area contributed by atoms with Gasteiger partial charge in [-0.25, -0.2) is 8.78 Å². The van der Waals surface area contributed by atoms with Crippen LogP contribution in [0.2, 0.25) is 0 Å². The molecular formula is C14H7ClF2N2. The Kier molecular flexibility index (Phi) is 3.88. The number of hydrogen-bond acceptors (Lipinski definition) is 2. The van der Waals surface area contributed by atoms with Gasteiger partial charge < -0.3 is 0 Å². The fourth-order valence-corrected chi connectivity index (χ4v) is 1.86. The molecule has 0 aliphatic rings. The lowest BCUT2D eigenvalue weighted by Crippen LogP contribution is -1.91. The van der Waals surface area contributed by atoms with Crippen LogP contribution in [0.25, 0.3) is 10.6 Å². The number of halogens is 3. The maximum absolute atomic E-state index is 13.6. The lowest BCUT2D eigenvalue weighted by atomic mass is 10.0. The smallest absolute Gasteiger partial charge is 0.134 e. The summed E-state index contributed by atoms with van der Waals surface area (Å²) in [6.07, 6.45) is 2.99. The maximum Gasteiger partial charge on any atom is 0.134 e. The van der Waals surface area contributed by atoms with Crippen LogP contribution in [0.3, 0.4) is 0 Å². The third-order valence-electron chi connectivity index (χ3n) is 2.45. The van der Waals surface area contributed by atoms with Crippen molar-refractivity contribution >= 4 is 22.2 Å². The van der Waals surface area contributed by atoms with Crippen LogP contribution in [-0.2, 0) is 0 Å². The van der Waals surface area contributed by atoms with Crippen molar-refractivity contribution < 1.29 is 8.78 Å². The van der Waals surface area contributed by atoms with Crippen LogP contribution in [0.4, 0.5) is 8.78 Å². The molecule has 0 aliphatic heterocycles. The van der Waals surface area contributed by atoms with E-state index < -0.39 is 11.6 Å². The highest BCUT2D eigenvalue weighted by molar-refractivity contribution is 6.53. The average molecular weight is 277 g/mol. The first-order valence-corrected chi connectivity index (χ1v) is 5.67. The molecule has 0 saturated heterocycles. The van der Waals surface area contributed by atoms with E-state index in [9.17, 15) is 8.78 Å². The topological polar surface area (TPSA) is 36.7 Å². The number of hydrogen-bond donors (Lipinski definition) is 0. The van der Waals surface area contributed by atoms with Gasteiger partial charge in [0.2, 0.25) is 0 Å². The molecular weight excluding hydrogens is 270 g/mol. The second-order valence-electron chi connectivity index (χ2n) is 3.67. The number of rotatable bonds is 2. The third kappa shape index (κ3) is 2.78. The normalized spacial score (nSPS) is 11.7. The van der Waals surface area contributed by atoms with Crippen molar-refractivity contribution in [2.45, 2.75) is 0 Å². The van der Waals surface area contributed by atoms with Crippen LogP contribution in [0.5, 0.6) is 0 Å². The van der Waals surface area contributed by atoms with Crippen molar-refractivity contribution in [1.82, 2.24) is 4.98 Å². The minimum Gasteiger partial charge on any atom is -0.264 e. The molecule has 1 heterocycles. The van der Waals surface area contributed by atoms with Gasteiger partial charge in [-0.3, -0.25) is 4.98 Å². The van der Waals surface area contributed by atoms with Crippen LogP contribution < -0.4 is 0 Å². The first-order valence-electron chi connectivity index (χ1n) is 5.29. The van der Waals surface area contributed by atoms with Gasteiger partial charge in [0, 0.05) is 29.6 Å². The fourth-order valence-electron chi connectivity index (χ4n) is 1.55. The van der Waals surface area contributed by atoms with Crippen LogP contribution >= 0.6 is 11.6 Å². The number of allylic oxidation sites excluding steroid dienone is 1. The van der Waals surface area contributed by atoms with Crippen LogP contribution in [0.15, 0.2) is 42.7 Å². The zero-order valence-corrected chi connectivity index (χ0v) is 10.3. The molecule has 0 amide bonds. The van der Waals surface area contributed by atoms with E-state index in [4.69, 9.17) is 16.9 Å². The van der Waals surface area contributed by atoms with Crippen molar-refractivity contribution in [3.63, 3.8) is 0 Å². The summed E-state index contributed by atoms with van der Waals surface area (Å²) >= 11 is 6.03. The molecule has 0 saturated carbocycles. The molecule has 94 valence electrons. The minimum atomic E-state index is -0.818. The summed E-state index contributed by atoms with van der Waals surface area (Å²) in [6, 6.07) is 8.17. The van der Waals surface area contributed by atoms with Gasteiger partial charge in [-0.1, -0.05) is 17.7 Å². The Morgan fingerprint density at radius 1 is 1.26 bits per heavy atom. The number of benzene rings is 1. The van der Waals surface area contributed by atoms with E-state index in [2.05, 4.69) is 4.98 Å². The Morgan fingerprint density at radius 3 is 2.63 bits per heavy atom. The predicted octanol–water partition coefficient (Wildman–Crippen LogP) is 3.99. The molecule has 0 N–H and O–H groups in total. The Bertz CT molecular complexity index is 676. The quantitative estimate of drug-likeness (QED) is 0.778. The molecule has 2 rings (SSSR count). The molecule has 0 fully saturated rings. The highest BCUT2D eigenvalue weighted by atomic mass is 35.5. The van der Waals surface area contributed by atoms with Crippen molar-refractivity contribution in [3.8, 4) is 6.07 Å². The third-order valence-corrected chi connectivity index (χ3v) is 2.84. The highest BCUT2D eigenvalue weighted by Crippen LogP contribution is 2.30. The molecule has 1 aromatic carbocycles. The molecule has 0 aliphatic carbocycles. The van der Waals surface area contributed by atoms with E-state index in [0.717, 1.165) is 12.1 Å². The SMILES string of the molecule is N#C/C(=C(\Cl)c1ccc(F)cc1F)c1cccnc1. The van der Waals surface area contributed by atoms with Gasteiger partial charge in [-0.2, -0.15) is 5.26 Å². The number of aromatic nitrogens is 1. The van der Waals surface area contributed by atoms with Crippen LogP contribution in [-0.4, -0.2) is 4.98 Å². The Morgan fingerprint density at radius 2 is 2.05 bits per heavy atom. The van der Waals surface area contributed by atoms with Gasteiger partial charge in [0.15, 0.2) is 0 Å². The van der Waals surface area contributed by atoms with Crippen molar-refractivity contribution in [2.75, 3.05) is 0 Å². The molecule has 0 atom stereocenters. The summed E-state index contributed by atoms with van der Waals surface area (Å²) in [5, 5.41) is 9.06. The minimum absolute atomic E-state index is 0.0246. The Labute approximate surface area is 113 Å². The van der Waals surface area contributed by atoms with Gasteiger partial charge >= 0.3 is 0 Å². The van der Waals surface area contributed by atoms with E-state index in [0.29, 0.717) is 5.56 Å². The van der Waals surface area contributed by atoms with E-state index >= 15 is 0 Å². The van der Waals surface area contributed by atoms with Crippen molar-refractivity contribution in [2.24, 2.45) is 0 Å². The first kappa shape index (κ1) is 13.2. The van der Waals surface area contributed by atoms with Crippen molar-refractivity contribution in [3.05, 3.63) is 65.5 Å². The zero-order valence-electron chi connectivity index (χ0n) is 9.57. The number of pyridine rings is 1. The Balaban J connectivity index is 2.59. The van der Waals surface area contributed by atoms with Gasteiger partial charge in [0.05, 0.1) is 10.6 Å². The van der Waals surface area contributed by atoms with Crippen molar-refractivity contribution in [1.29, 1.82) is 5.26 Å². The maximum atomic E-state index is 13.6. The molecule has 19 heavy (non-hydrogen) atoms. The van der Waals surface area contributed by atoms with Gasteiger partial charge in [0.25, 0.3) is 0 Å². The lowest BCUT2D eigenvalue weighted by molar-refractivity contribution is 0.581. The van der Waals surface area contributed by atoms with Gasteiger partial charge in [-0.15, -0.1) is 0 Å². The molecule has 5 heteroatoms. The molecule has 0 radical (unpaired) electrons. The van der Waals surface area contributed by atoms with E-state index in [1.165, 1.54) is 12.3 Å². The fraction of sp³-hybridized carbons (Fsp3) is 0. The van der Waals surface area contributed by atoms with E-state index in [-0.39, 0.29) is 16.2 Å². The zero-order chi connectivity index (χ0) is 13.8. The molecule has 0 spiro atoms. The summed E-state index contributed by atoms with van der Waals surface area (Å²) in [5.41, 5.74) is 0.530. The predicted molar refractivity (Wildman–Crippen MR) is 68.9 cm³/mol. The highest BCUT2D eigenvalue weighted by Gasteiger charge is 2.13. The first-order chi connectivity index (χ1) is 9.13. The molecule has 2 aromatic rings. The molecule has 1 aromatic heterocycles. The monoisotopic (exact) mass is 276 g/mol. The van der Waals surface area contributed by atoms with Gasteiger partial charge in [-0.05, 0) is 18.2 Å². The largest absolute Gasteiger partial charge is 0.264 e. The summed E-state index contributed by atoms with van der Waals surface area (Å²) in [6.45, 7) is 0. The molecule has 0 bridgehead atoms. The standard InChI is InChI=1S/C14H7ClF2N2/c15-14(11-4-3-10(16)6-13(11)17)12(7-18)9-2-1-5-19-8-9/h1-6,8H/b14-12+. The molecule has 0 unspecified atom stereocenters. The lowest BCUT2D eigenvalue weighted by Gasteiger charge is -2.05. The van der Waals surface area contributed by atoms with E-state index in [1.807, 2.05) is 6.07 Å². The number of nitriles is 1. The summed E-state index contributed by atoms with van der Waals surface area (Å²) in [5.74, 6) is -1.52. The second-order valence-corrected chi connectivity index (χ2v) is 4.04. The van der Waals surface area contributed by atoms with Crippen LogP contribution in [0.1, 0.15) is 11.1 Å². The molecule has 2 nitrogen and oxygen atoms in total. The summed E-state index contributed by atoms with van der Waals surface area (Å²) < 4.78 is 26.5. The summed E-state index contributed by atoms with van der Waals surface area (Å²) in [4.78, 5) is 3.87. The van der Waals surface area contributed by atoms with Gasteiger partial charge in [0.1, 0.15) is 17.7 Å². The second kappa shape index (κ2) is 5.59.